The first-order chi connectivity index (χ1) is 13.4. The molecule has 28 heavy (non-hydrogen) atoms. The Morgan fingerprint density at radius 2 is 1.93 bits per heavy atom. The maximum Gasteiger partial charge on any atom is 0.358 e. The Morgan fingerprint density at radius 3 is 2.68 bits per heavy atom. The second kappa shape index (κ2) is 8.77. The molecule has 1 aromatic heterocycles. The van der Waals surface area contributed by atoms with Gasteiger partial charge in [-0.1, -0.05) is 35.9 Å². The maximum atomic E-state index is 12.1. The van der Waals surface area contributed by atoms with Crippen molar-refractivity contribution in [1.29, 1.82) is 0 Å². The van der Waals surface area contributed by atoms with Gasteiger partial charge in [0.1, 0.15) is 5.01 Å². The van der Waals surface area contributed by atoms with Crippen LogP contribution in [-0.4, -0.2) is 29.3 Å². The fraction of sp³-hybridized carbons (Fsp3) is 0.100. The number of ketones is 1. The van der Waals surface area contributed by atoms with Crippen LogP contribution in [0.3, 0.4) is 0 Å². The molecule has 6 nitrogen and oxygen atoms in total. The maximum absolute atomic E-state index is 12.1. The normalized spacial score (nSPS) is 10.4. The molecule has 2 aromatic carbocycles. The second-order valence-electron chi connectivity index (χ2n) is 5.81. The number of carbonyl (C=O) groups is 3. The van der Waals surface area contributed by atoms with E-state index in [0.29, 0.717) is 21.3 Å². The highest BCUT2D eigenvalue weighted by Crippen LogP contribution is 2.26. The minimum Gasteiger partial charge on any atom is -0.451 e. The summed E-state index contributed by atoms with van der Waals surface area (Å²) < 4.78 is 5.01. The van der Waals surface area contributed by atoms with E-state index in [0.717, 1.165) is 5.56 Å². The lowest BCUT2D eigenvalue weighted by molar-refractivity contribution is -0.119. The number of aromatic nitrogens is 1. The van der Waals surface area contributed by atoms with Gasteiger partial charge in [0.25, 0.3) is 5.91 Å². The Bertz CT molecular complexity index is 1050. The van der Waals surface area contributed by atoms with E-state index in [1.165, 1.54) is 18.3 Å². The number of thiazole rings is 1. The van der Waals surface area contributed by atoms with Crippen LogP contribution in [-0.2, 0) is 9.53 Å². The molecule has 0 radical (unpaired) electrons. The van der Waals surface area contributed by atoms with Gasteiger partial charge in [0.15, 0.2) is 18.1 Å². The molecule has 0 fully saturated rings. The number of hydrogen-bond acceptors (Lipinski definition) is 6. The average molecular weight is 415 g/mol. The molecule has 3 rings (SSSR count). The molecule has 1 heterocycles. The van der Waals surface area contributed by atoms with E-state index < -0.39 is 18.5 Å². The van der Waals surface area contributed by atoms with Crippen LogP contribution in [0.1, 0.15) is 27.8 Å². The standard InChI is InChI=1S/C20H15ClN2O4S/c1-12(24)13-4-3-7-16(9-13)22-18(25)10-27-20(26)17-11-28-19(23-17)14-5-2-6-15(21)8-14/h2-9,11H,10H2,1H3,(H,22,25). The fourth-order valence-corrected chi connectivity index (χ4v) is 3.32. The summed E-state index contributed by atoms with van der Waals surface area (Å²) >= 11 is 7.24. The molecule has 0 spiro atoms. The first-order valence-electron chi connectivity index (χ1n) is 8.22. The van der Waals surface area contributed by atoms with Crippen LogP contribution in [0.5, 0.6) is 0 Å². The monoisotopic (exact) mass is 414 g/mol. The molecular weight excluding hydrogens is 400 g/mol. The second-order valence-corrected chi connectivity index (χ2v) is 7.10. The van der Waals surface area contributed by atoms with Gasteiger partial charge >= 0.3 is 5.97 Å². The minimum atomic E-state index is -0.697. The van der Waals surface area contributed by atoms with Crippen molar-refractivity contribution in [2.75, 3.05) is 11.9 Å². The van der Waals surface area contributed by atoms with E-state index in [9.17, 15) is 14.4 Å². The van der Waals surface area contributed by atoms with Crippen molar-refractivity contribution >= 4 is 46.3 Å². The van der Waals surface area contributed by atoms with Gasteiger partial charge in [-0.2, -0.15) is 0 Å². The smallest absolute Gasteiger partial charge is 0.358 e. The molecule has 1 amide bonds. The Balaban J connectivity index is 1.57. The molecule has 8 heteroatoms. The van der Waals surface area contributed by atoms with Gasteiger partial charge in [-0.25, -0.2) is 9.78 Å². The summed E-state index contributed by atoms with van der Waals surface area (Å²) in [7, 11) is 0. The van der Waals surface area contributed by atoms with E-state index >= 15 is 0 Å². The first kappa shape index (κ1) is 19.7. The third-order valence-corrected chi connectivity index (χ3v) is 4.80. The lowest BCUT2D eigenvalue weighted by Crippen LogP contribution is -2.21. The van der Waals surface area contributed by atoms with Gasteiger partial charge in [-0.05, 0) is 31.2 Å². The number of carbonyl (C=O) groups excluding carboxylic acids is 3. The third kappa shape index (κ3) is 5.03. The number of amides is 1. The van der Waals surface area contributed by atoms with Crippen molar-refractivity contribution in [3.63, 3.8) is 0 Å². The van der Waals surface area contributed by atoms with Gasteiger partial charge in [-0.3, -0.25) is 9.59 Å². The lowest BCUT2D eigenvalue weighted by atomic mass is 10.1. The van der Waals surface area contributed by atoms with Crippen LogP contribution >= 0.6 is 22.9 Å². The number of nitrogens with one attached hydrogen (secondary N) is 1. The van der Waals surface area contributed by atoms with Crippen molar-refractivity contribution < 1.29 is 19.1 Å². The molecule has 0 aliphatic rings. The highest BCUT2D eigenvalue weighted by Gasteiger charge is 2.15. The van der Waals surface area contributed by atoms with E-state index in [1.54, 1.807) is 47.8 Å². The zero-order valence-electron chi connectivity index (χ0n) is 14.8. The van der Waals surface area contributed by atoms with Crippen LogP contribution in [0.4, 0.5) is 5.69 Å². The number of benzene rings is 2. The quantitative estimate of drug-likeness (QED) is 0.475. The number of hydrogen-bond donors (Lipinski definition) is 1. The minimum absolute atomic E-state index is 0.110. The van der Waals surface area contributed by atoms with Crippen molar-refractivity contribution in [2.45, 2.75) is 6.92 Å². The summed E-state index contributed by atoms with van der Waals surface area (Å²) in [5.74, 6) is -1.32. The molecular formula is C20H15ClN2O4S. The van der Waals surface area contributed by atoms with Crippen LogP contribution in [0, 0.1) is 0 Å². The van der Waals surface area contributed by atoms with Crippen molar-refractivity contribution in [3.8, 4) is 10.6 Å². The van der Waals surface area contributed by atoms with E-state index in [-0.39, 0.29) is 11.5 Å². The van der Waals surface area contributed by atoms with E-state index in [1.807, 2.05) is 6.07 Å². The predicted molar refractivity (Wildman–Crippen MR) is 108 cm³/mol. The summed E-state index contributed by atoms with van der Waals surface area (Å²) in [5, 5.41) is 5.34. The molecule has 0 aliphatic carbocycles. The van der Waals surface area contributed by atoms with Gasteiger partial charge in [0.05, 0.1) is 0 Å². The molecule has 0 bridgehead atoms. The molecule has 0 unspecified atom stereocenters. The highest BCUT2D eigenvalue weighted by atomic mass is 35.5. The van der Waals surface area contributed by atoms with Crippen molar-refractivity contribution in [1.82, 2.24) is 4.98 Å². The van der Waals surface area contributed by atoms with Crippen LogP contribution in [0.15, 0.2) is 53.9 Å². The largest absolute Gasteiger partial charge is 0.451 e. The number of rotatable bonds is 6. The number of Topliss-reactive ketones (excluding diaryl/α,β-unsaturated/α-hetero) is 1. The summed E-state index contributed by atoms with van der Waals surface area (Å²) in [6.45, 7) is 0.974. The Hall–Kier alpha value is -3.03. The zero-order valence-corrected chi connectivity index (χ0v) is 16.3. The lowest BCUT2D eigenvalue weighted by Gasteiger charge is -2.06. The molecule has 142 valence electrons. The number of halogens is 1. The van der Waals surface area contributed by atoms with Crippen molar-refractivity contribution in [3.05, 3.63) is 70.2 Å². The molecule has 0 saturated carbocycles. The summed E-state index contributed by atoms with van der Waals surface area (Å²) in [4.78, 5) is 39.7. The number of esters is 1. The fourth-order valence-electron chi connectivity index (χ4n) is 2.34. The Labute approximate surface area is 170 Å². The number of anilines is 1. The highest BCUT2D eigenvalue weighted by molar-refractivity contribution is 7.13. The summed E-state index contributed by atoms with van der Waals surface area (Å²) in [6.07, 6.45) is 0. The molecule has 1 N–H and O–H groups in total. The van der Waals surface area contributed by atoms with Gasteiger partial charge < -0.3 is 10.1 Å². The van der Waals surface area contributed by atoms with E-state index in [2.05, 4.69) is 10.3 Å². The van der Waals surface area contributed by atoms with Gasteiger partial charge in [0.2, 0.25) is 0 Å². The Kier molecular flexibility index (Phi) is 6.18. The Morgan fingerprint density at radius 1 is 1.14 bits per heavy atom. The average Bonchev–Trinajstić information content (AvgIpc) is 3.17. The van der Waals surface area contributed by atoms with Crippen molar-refractivity contribution in [2.24, 2.45) is 0 Å². The molecule has 0 atom stereocenters. The zero-order chi connectivity index (χ0) is 20.1. The molecule has 0 saturated heterocycles. The van der Waals surface area contributed by atoms with Crippen LogP contribution < -0.4 is 5.32 Å². The predicted octanol–water partition coefficient (Wildman–Crippen LogP) is 4.46. The number of ether oxygens (including phenoxy) is 1. The van der Waals surface area contributed by atoms with Crippen LogP contribution in [0.2, 0.25) is 5.02 Å². The third-order valence-electron chi connectivity index (χ3n) is 3.67. The van der Waals surface area contributed by atoms with Gasteiger partial charge in [0, 0.05) is 27.2 Å². The summed E-state index contributed by atoms with van der Waals surface area (Å²) in [5.41, 5.74) is 1.84. The number of nitrogens with zero attached hydrogens (tertiary/aromatic N) is 1. The van der Waals surface area contributed by atoms with E-state index in [4.69, 9.17) is 16.3 Å². The SMILES string of the molecule is CC(=O)c1cccc(NC(=O)COC(=O)c2csc(-c3cccc(Cl)c3)n2)c1. The summed E-state index contributed by atoms with van der Waals surface area (Å²) in [6, 6.07) is 13.6. The topological polar surface area (TPSA) is 85.4 Å². The van der Waals surface area contributed by atoms with Crippen LogP contribution in [0.25, 0.3) is 10.6 Å². The molecule has 0 aliphatic heterocycles. The molecule has 3 aromatic rings. The van der Waals surface area contributed by atoms with Gasteiger partial charge in [-0.15, -0.1) is 11.3 Å². The first-order valence-corrected chi connectivity index (χ1v) is 9.47.